The van der Waals surface area contributed by atoms with Crippen LogP contribution in [-0.2, 0) is 5.88 Å². The molecule has 21 heavy (non-hydrogen) atoms. The first-order valence-corrected chi connectivity index (χ1v) is 6.74. The summed E-state index contributed by atoms with van der Waals surface area (Å²) < 4.78 is 10.7. The van der Waals surface area contributed by atoms with Crippen LogP contribution in [0.5, 0.6) is 17.2 Å². The maximum Gasteiger partial charge on any atom is 0.314 e. The number of nitro benzene ring substituents is 1. The molecule has 110 valence electrons. The number of methoxy groups -OCH3 is 1. The van der Waals surface area contributed by atoms with Gasteiger partial charge >= 0.3 is 5.69 Å². The van der Waals surface area contributed by atoms with E-state index in [9.17, 15) is 10.1 Å². The Balaban J connectivity index is 2.36. The summed E-state index contributed by atoms with van der Waals surface area (Å²) in [5, 5.41) is 11.0. The number of aryl methyl sites for hydroxylation is 1. The lowest BCUT2D eigenvalue weighted by atomic mass is 10.1. The van der Waals surface area contributed by atoms with E-state index in [4.69, 9.17) is 21.1 Å². The number of nitro groups is 1. The van der Waals surface area contributed by atoms with Crippen molar-refractivity contribution in [3.05, 3.63) is 57.6 Å². The largest absolute Gasteiger partial charge is 0.490 e. The molecule has 2 aromatic rings. The molecule has 0 unspecified atom stereocenters. The molecular formula is C15H14ClNO4. The summed E-state index contributed by atoms with van der Waals surface area (Å²) in [5.74, 6) is 1.43. The van der Waals surface area contributed by atoms with E-state index in [1.54, 1.807) is 12.1 Å². The molecule has 0 aliphatic rings. The van der Waals surface area contributed by atoms with Gasteiger partial charge in [-0.3, -0.25) is 10.1 Å². The van der Waals surface area contributed by atoms with Gasteiger partial charge in [-0.05, 0) is 25.1 Å². The molecule has 6 heteroatoms. The first-order valence-electron chi connectivity index (χ1n) is 6.21. The lowest BCUT2D eigenvalue weighted by Crippen LogP contribution is -1.95. The quantitative estimate of drug-likeness (QED) is 0.465. The van der Waals surface area contributed by atoms with Gasteiger partial charge < -0.3 is 9.47 Å². The van der Waals surface area contributed by atoms with Gasteiger partial charge in [-0.1, -0.05) is 17.7 Å². The van der Waals surface area contributed by atoms with Crippen molar-refractivity contribution in [1.82, 2.24) is 0 Å². The van der Waals surface area contributed by atoms with Crippen LogP contribution in [0.3, 0.4) is 0 Å². The average molecular weight is 308 g/mol. The van der Waals surface area contributed by atoms with E-state index in [1.807, 2.05) is 19.1 Å². The van der Waals surface area contributed by atoms with Gasteiger partial charge in [0.2, 0.25) is 0 Å². The van der Waals surface area contributed by atoms with Gasteiger partial charge in [-0.25, -0.2) is 0 Å². The molecule has 0 bridgehead atoms. The van der Waals surface area contributed by atoms with Crippen LogP contribution in [0.4, 0.5) is 5.69 Å². The molecule has 0 N–H and O–H groups in total. The van der Waals surface area contributed by atoms with Gasteiger partial charge in [0, 0.05) is 5.56 Å². The highest BCUT2D eigenvalue weighted by Crippen LogP contribution is 2.34. The van der Waals surface area contributed by atoms with Crippen LogP contribution in [0.15, 0.2) is 36.4 Å². The summed E-state index contributed by atoms with van der Waals surface area (Å²) in [6, 6.07) is 10.1. The highest BCUT2D eigenvalue weighted by atomic mass is 35.5. The molecule has 0 saturated heterocycles. The Morgan fingerprint density at radius 3 is 2.52 bits per heavy atom. The summed E-state index contributed by atoms with van der Waals surface area (Å²) in [7, 11) is 1.38. The predicted octanol–water partition coefficient (Wildman–Crippen LogP) is 4.44. The molecule has 2 rings (SSSR count). The maximum atomic E-state index is 11.0. The third-order valence-corrected chi connectivity index (χ3v) is 3.22. The minimum absolute atomic E-state index is 0.144. The molecule has 5 nitrogen and oxygen atoms in total. The van der Waals surface area contributed by atoms with Gasteiger partial charge in [-0.15, -0.1) is 11.6 Å². The summed E-state index contributed by atoms with van der Waals surface area (Å²) in [4.78, 5) is 10.5. The van der Waals surface area contributed by atoms with Crippen LogP contribution in [0.25, 0.3) is 0 Å². The first kappa shape index (κ1) is 15.1. The van der Waals surface area contributed by atoms with Crippen molar-refractivity contribution < 1.29 is 14.4 Å². The predicted molar refractivity (Wildman–Crippen MR) is 80.5 cm³/mol. The minimum atomic E-state index is -0.511. The van der Waals surface area contributed by atoms with Crippen molar-refractivity contribution in [2.45, 2.75) is 12.8 Å². The summed E-state index contributed by atoms with van der Waals surface area (Å²) in [6.07, 6.45) is 0. The Kier molecular flexibility index (Phi) is 4.65. The lowest BCUT2D eigenvalue weighted by molar-refractivity contribution is -0.385. The molecule has 0 saturated carbocycles. The third kappa shape index (κ3) is 3.44. The molecule has 0 aliphatic heterocycles. The standard InChI is InChI=1S/C15H14ClNO4/c1-10-3-5-14(11(7-10)9-16)21-12-4-6-15(20-2)13(8-12)17(18)19/h3-8H,9H2,1-2H3. The number of nitrogens with zero attached hydrogens (tertiary/aromatic N) is 1. The zero-order valence-electron chi connectivity index (χ0n) is 11.6. The van der Waals surface area contributed by atoms with Crippen LogP contribution in [0, 0.1) is 17.0 Å². The summed E-state index contributed by atoms with van der Waals surface area (Å²) >= 11 is 5.89. The Hall–Kier alpha value is -2.27. The van der Waals surface area contributed by atoms with Crippen molar-refractivity contribution >= 4 is 17.3 Å². The number of rotatable bonds is 5. The second-order valence-corrected chi connectivity index (χ2v) is 4.70. The van der Waals surface area contributed by atoms with E-state index < -0.39 is 4.92 Å². The average Bonchev–Trinajstić information content (AvgIpc) is 2.48. The fourth-order valence-corrected chi connectivity index (χ4v) is 2.12. The van der Waals surface area contributed by atoms with Crippen LogP contribution in [0.2, 0.25) is 0 Å². The summed E-state index contributed by atoms with van der Waals surface area (Å²) in [6.45, 7) is 1.96. The smallest absolute Gasteiger partial charge is 0.314 e. The normalized spacial score (nSPS) is 10.2. The zero-order chi connectivity index (χ0) is 15.4. The molecule has 0 fully saturated rings. The number of benzene rings is 2. The van der Waals surface area contributed by atoms with Crippen molar-refractivity contribution in [3.8, 4) is 17.2 Å². The Labute approximate surface area is 127 Å². The molecule has 0 atom stereocenters. The maximum absolute atomic E-state index is 11.0. The summed E-state index contributed by atoms with van der Waals surface area (Å²) in [5.41, 5.74) is 1.75. The van der Waals surface area contributed by atoms with E-state index in [2.05, 4.69) is 0 Å². The molecule has 0 heterocycles. The number of ether oxygens (including phenoxy) is 2. The van der Waals surface area contributed by atoms with Gasteiger partial charge in [0.05, 0.1) is 24.0 Å². The van der Waals surface area contributed by atoms with Gasteiger partial charge in [0.1, 0.15) is 11.5 Å². The molecule has 0 radical (unpaired) electrons. The number of hydrogen-bond donors (Lipinski definition) is 0. The van der Waals surface area contributed by atoms with Crippen LogP contribution in [0.1, 0.15) is 11.1 Å². The highest BCUT2D eigenvalue weighted by Gasteiger charge is 2.16. The van der Waals surface area contributed by atoms with Crippen molar-refractivity contribution in [3.63, 3.8) is 0 Å². The molecule has 0 aliphatic carbocycles. The van der Waals surface area contributed by atoms with Gasteiger partial charge in [0.25, 0.3) is 0 Å². The third-order valence-electron chi connectivity index (χ3n) is 2.93. The SMILES string of the molecule is COc1ccc(Oc2ccc(C)cc2CCl)cc1[N+](=O)[O-]. The molecule has 2 aromatic carbocycles. The van der Waals surface area contributed by atoms with Crippen molar-refractivity contribution in [1.29, 1.82) is 0 Å². The fraction of sp³-hybridized carbons (Fsp3) is 0.200. The van der Waals surface area contributed by atoms with Crippen LogP contribution in [-0.4, -0.2) is 12.0 Å². The number of halogens is 1. The molecule has 0 aromatic heterocycles. The Bertz CT molecular complexity index is 673. The second-order valence-electron chi connectivity index (χ2n) is 4.44. The van der Waals surface area contributed by atoms with Crippen molar-refractivity contribution in [2.75, 3.05) is 7.11 Å². The number of hydrogen-bond acceptors (Lipinski definition) is 4. The molecular weight excluding hydrogens is 294 g/mol. The van der Waals surface area contributed by atoms with E-state index in [1.165, 1.54) is 19.2 Å². The van der Waals surface area contributed by atoms with Crippen LogP contribution >= 0.6 is 11.6 Å². The van der Waals surface area contributed by atoms with E-state index in [0.29, 0.717) is 17.4 Å². The van der Waals surface area contributed by atoms with Gasteiger partial charge in [0.15, 0.2) is 5.75 Å². The molecule has 0 spiro atoms. The first-order chi connectivity index (χ1) is 10.0. The highest BCUT2D eigenvalue weighted by molar-refractivity contribution is 6.17. The van der Waals surface area contributed by atoms with E-state index >= 15 is 0 Å². The molecule has 0 amide bonds. The topological polar surface area (TPSA) is 61.6 Å². The van der Waals surface area contributed by atoms with Crippen LogP contribution < -0.4 is 9.47 Å². The fourth-order valence-electron chi connectivity index (χ4n) is 1.92. The zero-order valence-corrected chi connectivity index (χ0v) is 12.4. The van der Waals surface area contributed by atoms with E-state index in [0.717, 1.165) is 11.1 Å². The second kappa shape index (κ2) is 6.45. The Morgan fingerprint density at radius 2 is 1.90 bits per heavy atom. The minimum Gasteiger partial charge on any atom is -0.490 e. The van der Waals surface area contributed by atoms with Crippen molar-refractivity contribution in [2.24, 2.45) is 0 Å². The van der Waals surface area contributed by atoms with Gasteiger partial charge in [-0.2, -0.15) is 0 Å². The monoisotopic (exact) mass is 307 g/mol. The Morgan fingerprint density at radius 1 is 1.19 bits per heavy atom. The van der Waals surface area contributed by atoms with E-state index in [-0.39, 0.29) is 11.4 Å². The lowest BCUT2D eigenvalue weighted by Gasteiger charge is -2.11. The number of alkyl halides is 1.